The minimum absolute atomic E-state index is 0.0564. The lowest BCUT2D eigenvalue weighted by atomic mass is 9.79. The number of rotatable bonds is 4. The Kier molecular flexibility index (Phi) is 4.69. The van der Waals surface area contributed by atoms with E-state index in [0.29, 0.717) is 6.17 Å². The van der Waals surface area contributed by atoms with Gasteiger partial charge in [-0.3, -0.25) is 5.01 Å². The van der Waals surface area contributed by atoms with Crippen molar-refractivity contribution in [2.45, 2.75) is 32.0 Å². The number of allylic oxidation sites excluding steroid dienone is 1. The summed E-state index contributed by atoms with van der Waals surface area (Å²) < 4.78 is 2.53. The van der Waals surface area contributed by atoms with Crippen LogP contribution in [0.15, 0.2) is 115 Å². The van der Waals surface area contributed by atoms with E-state index in [1.54, 1.807) is 0 Å². The van der Waals surface area contributed by atoms with Gasteiger partial charge in [-0.25, -0.2) is 0 Å². The predicted octanol–water partition coefficient (Wildman–Crippen LogP) is 8.63. The predicted molar refractivity (Wildman–Crippen MR) is 162 cm³/mol. The Hall–Kier alpha value is -4.34. The van der Waals surface area contributed by atoms with Crippen molar-refractivity contribution in [2.24, 2.45) is 0 Å². The molecule has 190 valence electrons. The molecule has 0 spiro atoms. The van der Waals surface area contributed by atoms with E-state index in [-0.39, 0.29) is 5.41 Å². The highest BCUT2D eigenvalue weighted by Crippen LogP contribution is 2.56. The second-order valence-electron chi connectivity index (χ2n) is 11.4. The van der Waals surface area contributed by atoms with Crippen molar-refractivity contribution in [3.8, 4) is 11.1 Å². The minimum atomic E-state index is -0.0564. The topological polar surface area (TPSA) is 10.9 Å². The molecule has 8 rings (SSSR count). The van der Waals surface area contributed by atoms with E-state index in [0.717, 1.165) is 6.54 Å². The third kappa shape index (κ3) is 3.08. The van der Waals surface area contributed by atoms with E-state index < -0.39 is 0 Å². The number of aromatic nitrogens is 1. The van der Waals surface area contributed by atoms with Crippen LogP contribution in [-0.2, 0) is 12.0 Å². The quantitative estimate of drug-likeness (QED) is 0.222. The molecule has 1 aliphatic carbocycles. The first-order valence-electron chi connectivity index (χ1n) is 13.9. The molecule has 1 saturated heterocycles. The third-order valence-corrected chi connectivity index (χ3v) is 8.98. The summed E-state index contributed by atoms with van der Waals surface area (Å²) in [6, 6.07) is 37.7. The standard InChI is InChI=1S/C36H31N3/c1-36(2)29-20-11-9-18-27(29)31-32-28-19-10-12-21-30(28)38(34(32)26-17-8-7-16-25(26)33(31)36)22-13-23-39-35(37(39)3)24-14-5-4-6-15-24/h4-21,23,35H,22H2,1-3H3/b23-13-. The number of benzene rings is 5. The highest BCUT2D eigenvalue weighted by atomic mass is 15.8. The van der Waals surface area contributed by atoms with Gasteiger partial charge >= 0.3 is 0 Å². The van der Waals surface area contributed by atoms with Crippen molar-refractivity contribution in [2.75, 3.05) is 7.05 Å². The van der Waals surface area contributed by atoms with Crippen LogP contribution in [0.25, 0.3) is 43.7 Å². The number of para-hydroxylation sites is 1. The maximum Gasteiger partial charge on any atom is 0.139 e. The Labute approximate surface area is 229 Å². The molecule has 1 aromatic heterocycles. The van der Waals surface area contributed by atoms with E-state index in [1.165, 1.54) is 60.4 Å². The molecule has 2 heterocycles. The van der Waals surface area contributed by atoms with Crippen molar-refractivity contribution in [3.05, 3.63) is 132 Å². The molecule has 2 aliphatic rings. The summed E-state index contributed by atoms with van der Waals surface area (Å²) >= 11 is 0. The maximum atomic E-state index is 2.53. The molecule has 0 saturated carbocycles. The maximum absolute atomic E-state index is 2.53. The molecule has 0 N–H and O–H groups in total. The van der Waals surface area contributed by atoms with E-state index in [4.69, 9.17) is 0 Å². The zero-order valence-corrected chi connectivity index (χ0v) is 22.6. The monoisotopic (exact) mass is 505 g/mol. The number of fused-ring (bicyclic) bond motifs is 10. The number of hydrazine groups is 1. The summed E-state index contributed by atoms with van der Waals surface area (Å²) in [5.41, 5.74) is 9.57. The SMILES string of the molecule is CN1C(c2ccccc2)N1/C=C\Cn1c2ccccc2c2c3c(c4ccccc4c21)C(C)(C)c1ccccc1-3. The van der Waals surface area contributed by atoms with Gasteiger partial charge in [0.05, 0.1) is 5.52 Å². The van der Waals surface area contributed by atoms with Gasteiger partial charge in [-0.1, -0.05) is 111 Å². The van der Waals surface area contributed by atoms with Crippen LogP contribution in [0.4, 0.5) is 0 Å². The third-order valence-electron chi connectivity index (χ3n) is 8.98. The molecule has 3 heteroatoms. The summed E-state index contributed by atoms with van der Waals surface area (Å²) in [4.78, 5) is 0. The van der Waals surface area contributed by atoms with Gasteiger partial charge in [-0.05, 0) is 45.3 Å². The van der Waals surface area contributed by atoms with Crippen LogP contribution in [0, 0.1) is 0 Å². The summed E-state index contributed by atoms with van der Waals surface area (Å²) in [6.07, 6.45) is 4.86. The number of hydrogen-bond donors (Lipinski definition) is 0. The fourth-order valence-corrected chi connectivity index (χ4v) is 7.21. The van der Waals surface area contributed by atoms with Gasteiger partial charge < -0.3 is 4.57 Å². The van der Waals surface area contributed by atoms with Crippen LogP contribution in [0.5, 0.6) is 0 Å². The first-order chi connectivity index (χ1) is 19.1. The Bertz CT molecular complexity index is 1940. The molecule has 0 radical (unpaired) electrons. The zero-order valence-electron chi connectivity index (χ0n) is 22.6. The van der Waals surface area contributed by atoms with Crippen LogP contribution < -0.4 is 0 Å². The van der Waals surface area contributed by atoms with Crippen molar-refractivity contribution < 1.29 is 0 Å². The molecule has 2 atom stereocenters. The lowest BCUT2D eigenvalue weighted by Gasteiger charge is -2.23. The summed E-state index contributed by atoms with van der Waals surface area (Å²) in [6.45, 7) is 5.59. The van der Waals surface area contributed by atoms with Crippen LogP contribution in [0.3, 0.4) is 0 Å². The fourth-order valence-electron chi connectivity index (χ4n) is 7.21. The van der Waals surface area contributed by atoms with Gasteiger partial charge in [0.15, 0.2) is 0 Å². The van der Waals surface area contributed by atoms with E-state index in [9.17, 15) is 0 Å². The molecule has 1 aliphatic heterocycles. The van der Waals surface area contributed by atoms with Crippen LogP contribution >= 0.6 is 0 Å². The largest absolute Gasteiger partial charge is 0.336 e. The van der Waals surface area contributed by atoms with Gasteiger partial charge in [-0.2, -0.15) is 5.01 Å². The number of nitrogens with zero attached hydrogens (tertiary/aromatic N) is 3. The molecule has 3 nitrogen and oxygen atoms in total. The first-order valence-corrected chi connectivity index (χ1v) is 13.9. The van der Waals surface area contributed by atoms with Crippen LogP contribution in [-0.4, -0.2) is 21.6 Å². The molecule has 5 aromatic carbocycles. The van der Waals surface area contributed by atoms with Crippen molar-refractivity contribution >= 4 is 32.6 Å². The van der Waals surface area contributed by atoms with Crippen LogP contribution in [0.1, 0.15) is 36.7 Å². The fraction of sp³-hybridized carbons (Fsp3) is 0.167. The summed E-state index contributed by atoms with van der Waals surface area (Å²) in [5.74, 6) is 0. The lowest BCUT2D eigenvalue weighted by Crippen LogP contribution is -2.15. The Balaban J connectivity index is 1.35. The lowest BCUT2D eigenvalue weighted by molar-refractivity contribution is 0.446. The minimum Gasteiger partial charge on any atom is -0.336 e. The van der Waals surface area contributed by atoms with E-state index in [1.807, 2.05) is 0 Å². The average molecular weight is 506 g/mol. The normalized spacial score (nSPS) is 19.3. The molecule has 0 amide bonds. The Morgan fingerprint density at radius 2 is 1.41 bits per heavy atom. The smallest absolute Gasteiger partial charge is 0.139 e. The molecule has 2 unspecified atom stereocenters. The van der Waals surface area contributed by atoms with Gasteiger partial charge in [0.1, 0.15) is 6.17 Å². The molecule has 1 fully saturated rings. The molecule has 0 bridgehead atoms. The van der Waals surface area contributed by atoms with E-state index in [2.05, 4.69) is 151 Å². The Morgan fingerprint density at radius 1 is 0.744 bits per heavy atom. The average Bonchev–Trinajstić information content (AvgIpc) is 3.39. The summed E-state index contributed by atoms with van der Waals surface area (Å²) in [5, 5.41) is 10.0. The highest BCUT2D eigenvalue weighted by molar-refractivity contribution is 6.26. The van der Waals surface area contributed by atoms with Crippen LogP contribution in [0.2, 0.25) is 0 Å². The first kappa shape index (κ1) is 22.6. The van der Waals surface area contributed by atoms with Gasteiger partial charge in [0, 0.05) is 46.9 Å². The molecular formula is C36H31N3. The zero-order chi connectivity index (χ0) is 26.3. The van der Waals surface area contributed by atoms with Gasteiger partial charge in [-0.15, -0.1) is 0 Å². The highest BCUT2D eigenvalue weighted by Gasteiger charge is 2.41. The summed E-state index contributed by atoms with van der Waals surface area (Å²) in [7, 11) is 2.15. The number of hydrogen-bond acceptors (Lipinski definition) is 2. The molecule has 39 heavy (non-hydrogen) atoms. The van der Waals surface area contributed by atoms with Crippen molar-refractivity contribution in [3.63, 3.8) is 0 Å². The van der Waals surface area contributed by atoms with Crippen molar-refractivity contribution in [1.82, 2.24) is 14.6 Å². The second kappa shape index (κ2) is 8.08. The van der Waals surface area contributed by atoms with Crippen molar-refractivity contribution in [1.29, 1.82) is 0 Å². The molecule has 6 aromatic rings. The molecular weight excluding hydrogens is 474 g/mol. The van der Waals surface area contributed by atoms with Gasteiger partial charge in [0.25, 0.3) is 0 Å². The Morgan fingerprint density at radius 3 is 2.23 bits per heavy atom. The van der Waals surface area contributed by atoms with E-state index >= 15 is 0 Å². The van der Waals surface area contributed by atoms with Gasteiger partial charge in [0.2, 0.25) is 0 Å². The second-order valence-corrected chi connectivity index (χ2v) is 11.4.